The highest BCUT2D eigenvalue weighted by Crippen LogP contribution is 2.31. The molecule has 4 heterocycles. The smallest absolute Gasteiger partial charge is 0.267 e. The highest BCUT2D eigenvalue weighted by atomic mass is 16.6. The highest BCUT2D eigenvalue weighted by Gasteiger charge is 2.33. The summed E-state index contributed by atoms with van der Waals surface area (Å²) in [4.78, 5) is 33.2. The molecule has 2 aliphatic rings. The first-order chi connectivity index (χ1) is 15.1. The minimum Gasteiger partial charge on any atom is -0.485 e. The zero-order valence-electron chi connectivity index (χ0n) is 17.4. The molecule has 3 aromatic rings. The van der Waals surface area contributed by atoms with E-state index in [9.17, 15) is 9.59 Å². The maximum Gasteiger partial charge on any atom is 0.267 e. The van der Waals surface area contributed by atoms with E-state index < -0.39 is 6.10 Å². The van der Waals surface area contributed by atoms with Crippen LogP contribution in [0.5, 0.6) is 11.5 Å². The first kappa shape index (κ1) is 19.6. The number of benzene rings is 1. The van der Waals surface area contributed by atoms with Crippen LogP contribution in [0.25, 0.3) is 5.65 Å². The van der Waals surface area contributed by atoms with Crippen LogP contribution < -0.4 is 19.9 Å². The molecule has 2 aromatic heterocycles. The van der Waals surface area contributed by atoms with Gasteiger partial charge in [-0.25, -0.2) is 4.98 Å². The van der Waals surface area contributed by atoms with Crippen molar-refractivity contribution in [3.05, 3.63) is 70.3 Å². The predicted molar refractivity (Wildman–Crippen MR) is 114 cm³/mol. The number of para-hydroxylation sites is 2. The number of rotatable bonds is 3. The Morgan fingerprint density at radius 3 is 2.71 bits per heavy atom. The number of carbonyl (C=O) groups excluding carboxylic acids is 1. The van der Waals surface area contributed by atoms with Crippen LogP contribution in [0.3, 0.4) is 0 Å². The Morgan fingerprint density at radius 2 is 1.90 bits per heavy atom. The van der Waals surface area contributed by atoms with Crippen LogP contribution >= 0.6 is 0 Å². The molecule has 8 heteroatoms. The van der Waals surface area contributed by atoms with Gasteiger partial charge in [-0.1, -0.05) is 18.2 Å². The second-order valence-corrected chi connectivity index (χ2v) is 8.06. The Labute approximate surface area is 179 Å². The third-order valence-electron chi connectivity index (χ3n) is 5.93. The van der Waals surface area contributed by atoms with Crippen molar-refractivity contribution in [1.82, 2.24) is 14.3 Å². The quantitative estimate of drug-likeness (QED) is 0.648. The van der Waals surface area contributed by atoms with Crippen molar-refractivity contribution < 1.29 is 19.2 Å². The third-order valence-corrected chi connectivity index (χ3v) is 5.93. The average molecular weight is 421 g/mol. The summed E-state index contributed by atoms with van der Waals surface area (Å²) in [5, 5.41) is 0. The molecule has 1 fully saturated rings. The molecule has 0 unspecified atom stereocenters. The molecule has 1 aromatic carbocycles. The molecule has 0 radical (unpaired) electrons. The Hall–Kier alpha value is -3.39. The first-order valence-corrected chi connectivity index (χ1v) is 10.6. The third kappa shape index (κ3) is 3.86. The number of nitrogens with zero attached hydrogens (tertiary/aromatic N) is 3. The van der Waals surface area contributed by atoms with Crippen molar-refractivity contribution in [3.63, 3.8) is 0 Å². The standard InChI is InChI=1S/C23H24N4O4/c1-16-5-4-8-21-24-17(13-22(28)27(16)21)14-25-9-11-26(12-10-25)23(29)20-15-30-18-6-2-3-7-19(18)31-20/h2-8,13,20H,9-12,14-15H2,1H3/p+1/t20-/m1/s1. The number of fused-ring (bicyclic) bond motifs is 2. The van der Waals surface area contributed by atoms with Crippen molar-refractivity contribution in [2.24, 2.45) is 0 Å². The minimum absolute atomic E-state index is 0.0360. The zero-order valence-corrected chi connectivity index (χ0v) is 17.4. The number of amides is 1. The number of nitrogens with one attached hydrogen (secondary N) is 1. The van der Waals surface area contributed by atoms with Gasteiger partial charge in [-0.2, -0.15) is 0 Å². The van der Waals surface area contributed by atoms with Gasteiger partial charge in [0.05, 0.1) is 26.2 Å². The topological polar surface area (TPSA) is 77.6 Å². The van der Waals surface area contributed by atoms with Crippen molar-refractivity contribution in [3.8, 4) is 11.5 Å². The van der Waals surface area contributed by atoms with E-state index in [4.69, 9.17) is 9.47 Å². The average Bonchev–Trinajstić information content (AvgIpc) is 2.78. The molecule has 2 aliphatic heterocycles. The lowest BCUT2D eigenvalue weighted by Crippen LogP contribution is -3.13. The molecular weight excluding hydrogens is 396 g/mol. The molecule has 1 N–H and O–H groups in total. The molecule has 8 nitrogen and oxygen atoms in total. The summed E-state index contributed by atoms with van der Waals surface area (Å²) in [6, 6.07) is 14.7. The van der Waals surface area contributed by atoms with Crippen LogP contribution in [-0.4, -0.2) is 59.1 Å². The van der Waals surface area contributed by atoms with E-state index in [-0.39, 0.29) is 18.1 Å². The van der Waals surface area contributed by atoms with Crippen LogP contribution in [-0.2, 0) is 11.3 Å². The van der Waals surface area contributed by atoms with E-state index >= 15 is 0 Å². The number of quaternary nitrogens is 1. The summed E-state index contributed by atoms with van der Waals surface area (Å²) in [6.45, 7) is 5.67. The summed E-state index contributed by atoms with van der Waals surface area (Å²) in [6.07, 6.45) is -0.609. The largest absolute Gasteiger partial charge is 0.485 e. The Balaban J connectivity index is 1.21. The maximum atomic E-state index is 12.9. The Bertz CT molecular complexity index is 1180. The van der Waals surface area contributed by atoms with Gasteiger partial charge in [0.2, 0.25) is 6.10 Å². The van der Waals surface area contributed by atoms with Crippen LogP contribution in [0, 0.1) is 6.92 Å². The van der Waals surface area contributed by atoms with Gasteiger partial charge in [0.1, 0.15) is 24.5 Å². The molecule has 31 heavy (non-hydrogen) atoms. The minimum atomic E-state index is -0.609. The lowest BCUT2D eigenvalue weighted by atomic mass is 10.2. The summed E-state index contributed by atoms with van der Waals surface area (Å²) in [5.74, 6) is 1.25. The number of hydrogen-bond donors (Lipinski definition) is 1. The summed E-state index contributed by atoms with van der Waals surface area (Å²) >= 11 is 0. The monoisotopic (exact) mass is 421 g/mol. The number of hydrogen-bond acceptors (Lipinski definition) is 5. The predicted octanol–water partition coefficient (Wildman–Crippen LogP) is 0.0700. The molecule has 1 atom stereocenters. The van der Waals surface area contributed by atoms with E-state index in [0.29, 0.717) is 36.8 Å². The van der Waals surface area contributed by atoms with Crippen molar-refractivity contribution in [1.29, 1.82) is 0 Å². The SMILES string of the molecule is Cc1cccc2nc(C[NH+]3CCN(C(=O)[C@H]4COc5ccccc5O4)CC3)cc(=O)n12. The fourth-order valence-corrected chi connectivity index (χ4v) is 4.28. The van der Waals surface area contributed by atoms with Gasteiger partial charge >= 0.3 is 0 Å². The summed E-state index contributed by atoms with van der Waals surface area (Å²) in [5.41, 5.74) is 2.27. The van der Waals surface area contributed by atoms with Crippen LogP contribution in [0.2, 0.25) is 0 Å². The number of ether oxygens (including phenoxy) is 2. The van der Waals surface area contributed by atoms with Crippen LogP contribution in [0.4, 0.5) is 0 Å². The number of aromatic nitrogens is 2. The molecule has 5 rings (SSSR count). The van der Waals surface area contributed by atoms with Crippen molar-refractivity contribution >= 4 is 11.6 Å². The molecule has 1 saturated heterocycles. The van der Waals surface area contributed by atoms with Crippen LogP contribution in [0.1, 0.15) is 11.4 Å². The number of aryl methyl sites for hydroxylation is 1. The summed E-state index contributed by atoms with van der Waals surface area (Å²) in [7, 11) is 0. The van der Waals surface area contributed by atoms with Gasteiger partial charge < -0.3 is 19.3 Å². The van der Waals surface area contributed by atoms with Gasteiger partial charge in [-0.05, 0) is 31.2 Å². The van der Waals surface area contributed by atoms with Gasteiger partial charge in [0.15, 0.2) is 11.5 Å². The molecule has 0 aliphatic carbocycles. The maximum absolute atomic E-state index is 12.9. The lowest BCUT2D eigenvalue weighted by Gasteiger charge is -2.35. The second kappa shape index (κ2) is 8.03. The van der Waals surface area contributed by atoms with Crippen LogP contribution in [0.15, 0.2) is 53.3 Å². The molecule has 160 valence electrons. The molecule has 0 spiro atoms. The van der Waals surface area contributed by atoms with E-state index in [2.05, 4.69) is 4.98 Å². The lowest BCUT2D eigenvalue weighted by molar-refractivity contribution is -0.917. The molecular formula is C23H25N4O4+. The fourth-order valence-electron chi connectivity index (χ4n) is 4.28. The zero-order chi connectivity index (χ0) is 21.4. The van der Waals surface area contributed by atoms with Gasteiger partial charge in [0, 0.05) is 11.8 Å². The van der Waals surface area contributed by atoms with E-state index in [1.165, 1.54) is 4.90 Å². The fraction of sp³-hybridized carbons (Fsp3) is 0.348. The summed E-state index contributed by atoms with van der Waals surface area (Å²) < 4.78 is 13.2. The van der Waals surface area contributed by atoms with E-state index in [1.54, 1.807) is 10.5 Å². The number of pyridine rings is 1. The molecule has 1 amide bonds. The van der Waals surface area contributed by atoms with E-state index in [1.807, 2.05) is 54.3 Å². The Kier molecular flexibility index (Phi) is 5.07. The second-order valence-electron chi connectivity index (χ2n) is 8.06. The van der Waals surface area contributed by atoms with Gasteiger partial charge in [-0.15, -0.1) is 0 Å². The molecule has 0 saturated carbocycles. The first-order valence-electron chi connectivity index (χ1n) is 10.6. The van der Waals surface area contributed by atoms with Gasteiger partial charge in [-0.3, -0.25) is 14.0 Å². The normalized spacial score (nSPS) is 18.9. The van der Waals surface area contributed by atoms with Gasteiger partial charge in [0.25, 0.3) is 11.5 Å². The highest BCUT2D eigenvalue weighted by molar-refractivity contribution is 5.82. The number of piperazine rings is 1. The molecule has 0 bridgehead atoms. The number of carbonyl (C=O) groups is 1. The van der Waals surface area contributed by atoms with E-state index in [0.717, 1.165) is 24.5 Å². The van der Waals surface area contributed by atoms with Crippen molar-refractivity contribution in [2.75, 3.05) is 32.8 Å². The Morgan fingerprint density at radius 1 is 1.13 bits per heavy atom. The van der Waals surface area contributed by atoms with Crippen molar-refractivity contribution in [2.45, 2.75) is 19.6 Å².